The van der Waals surface area contributed by atoms with Crippen LogP contribution in [0.25, 0.3) is 0 Å². The number of nitrogens with one attached hydrogen (secondary N) is 2. The Labute approximate surface area is 122 Å². The summed E-state index contributed by atoms with van der Waals surface area (Å²) in [6, 6.07) is 7.71. The van der Waals surface area contributed by atoms with Gasteiger partial charge in [0.1, 0.15) is 0 Å². The zero-order chi connectivity index (χ0) is 14.6. The maximum atomic E-state index is 12.1. The highest BCUT2D eigenvalue weighted by atomic mass is 32.2. The monoisotopic (exact) mass is 296 g/mol. The van der Waals surface area contributed by atoms with Gasteiger partial charge in [-0.1, -0.05) is 31.2 Å². The predicted octanol–water partition coefficient (Wildman–Crippen LogP) is 1.87. The van der Waals surface area contributed by atoms with Crippen molar-refractivity contribution in [3.63, 3.8) is 0 Å². The Morgan fingerprint density at radius 3 is 2.65 bits per heavy atom. The molecule has 1 aromatic rings. The standard InChI is InChI=1S/C15H24N2O2S/c1-12(15-6-7-15)9-17-20(18,19)11-14-5-3-4-13(8-14)10-16-2/h3-5,8,12,15-17H,6-7,9-11H2,1-2H3. The topological polar surface area (TPSA) is 58.2 Å². The molecule has 0 aromatic heterocycles. The molecule has 1 saturated carbocycles. The molecule has 112 valence electrons. The molecule has 2 rings (SSSR count). The third kappa shape index (κ3) is 4.89. The summed E-state index contributed by atoms with van der Waals surface area (Å²) in [5.74, 6) is 1.22. The normalized spacial score (nSPS) is 17.1. The number of hydrogen-bond donors (Lipinski definition) is 2. The third-order valence-corrected chi connectivity index (χ3v) is 5.10. The maximum Gasteiger partial charge on any atom is 0.215 e. The summed E-state index contributed by atoms with van der Waals surface area (Å²) in [6.07, 6.45) is 2.49. The number of benzene rings is 1. The Morgan fingerprint density at radius 1 is 1.30 bits per heavy atom. The van der Waals surface area contributed by atoms with E-state index in [9.17, 15) is 8.42 Å². The third-order valence-electron chi connectivity index (χ3n) is 3.78. The zero-order valence-corrected chi connectivity index (χ0v) is 13.0. The van der Waals surface area contributed by atoms with Crippen molar-refractivity contribution in [3.05, 3.63) is 35.4 Å². The molecular formula is C15H24N2O2S. The SMILES string of the molecule is CNCc1cccc(CS(=O)(=O)NCC(C)C2CC2)c1. The molecule has 1 aromatic carbocycles. The Kier molecular flexibility index (Phi) is 5.18. The Hall–Kier alpha value is -0.910. The van der Waals surface area contributed by atoms with Crippen molar-refractivity contribution in [2.24, 2.45) is 11.8 Å². The summed E-state index contributed by atoms with van der Waals surface area (Å²) in [5, 5.41) is 3.07. The summed E-state index contributed by atoms with van der Waals surface area (Å²) in [6.45, 7) is 3.43. The minimum Gasteiger partial charge on any atom is -0.316 e. The van der Waals surface area contributed by atoms with Crippen LogP contribution in [0.5, 0.6) is 0 Å². The second kappa shape index (κ2) is 6.70. The molecule has 0 aliphatic heterocycles. The highest BCUT2D eigenvalue weighted by Crippen LogP contribution is 2.36. The van der Waals surface area contributed by atoms with Crippen LogP contribution in [0, 0.1) is 11.8 Å². The van der Waals surface area contributed by atoms with Crippen molar-refractivity contribution in [2.45, 2.75) is 32.1 Å². The van der Waals surface area contributed by atoms with E-state index >= 15 is 0 Å². The lowest BCUT2D eigenvalue weighted by atomic mass is 10.1. The zero-order valence-electron chi connectivity index (χ0n) is 12.2. The van der Waals surface area contributed by atoms with Crippen LogP contribution in [-0.4, -0.2) is 22.0 Å². The van der Waals surface area contributed by atoms with Gasteiger partial charge in [-0.25, -0.2) is 13.1 Å². The lowest BCUT2D eigenvalue weighted by Gasteiger charge is -2.12. The molecule has 0 heterocycles. The molecule has 1 fully saturated rings. The largest absolute Gasteiger partial charge is 0.316 e. The first-order chi connectivity index (χ1) is 9.50. The Balaban J connectivity index is 1.91. The van der Waals surface area contributed by atoms with E-state index in [0.29, 0.717) is 12.5 Å². The van der Waals surface area contributed by atoms with Crippen LogP contribution in [0.1, 0.15) is 30.9 Å². The quantitative estimate of drug-likeness (QED) is 0.770. The Morgan fingerprint density at radius 2 is 2.00 bits per heavy atom. The van der Waals surface area contributed by atoms with Gasteiger partial charge >= 0.3 is 0 Å². The maximum absolute atomic E-state index is 12.1. The van der Waals surface area contributed by atoms with Crippen molar-refractivity contribution in [2.75, 3.05) is 13.6 Å². The van der Waals surface area contributed by atoms with Crippen molar-refractivity contribution < 1.29 is 8.42 Å². The van der Waals surface area contributed by atoms with E-state index in [1.807, 2.05) is 31.3 Å². The first-order valence-electron chi connectivity index (χ1n) is 7.20. The molecule has 0 saturated heterocycles. The lowest BCUT2D eigenvalue weighted by molar-refractivity contribution is 0.491. The van der Waals surface area contributed by atoms with Gasteiger partial charge in [0, 0.05) is 13.1 Å². The number of hydrogen-bond acceptors (Lipinski definition) is 3. The molecule has 1 atom stereocenters. The highest BCUT2D eigenvalue weighted by Gasteiger charge is 2.28. The molecule has 0 spiro atoms. The molecule has 5 heteroatoms. The van der Waals surface area contributed by atoms with Crippen molar-refractivity contribution in [3.8, 4) is 0 Å². The summed E-state index contributed by atoms with van der Waals surface area (Å²) in [7, 11) is -1.36. The first-order valence-corrected chi connectivity index (χ1v) is 8.85. The minimum atomic E-state index is -3.24. The van der Waals surface area contributed by atoms with E-state index < -0.39 is 10.0 Å². The second-order valence-corrected chi connectivity index (χ2v) is 7.58. The van der Waals surface area contributed by atoms with Crippen LogP contribution in [0.3, 0.4) is 0 Å². The second-order valence-electron chi connectivity index (χ2n) is 5.77. The summed E-state index contributed by atoms with van der Waals surface area (Å²) in [4.78, 5) is 0. The van der Waals surface area contributed by atoms with Gasteiger partial charge in [-0.15, -0.1) is 0 Å². The molecule has 0 amide bonds. The smallest absolute Gasteiger partial charge is 0.215 e. The molecule has 2 N–H and O–H groups in total. The van der Waals surface area contributed by atoms with Crippen molar-refractivity contribution in [1.29, 1.82) is 0 Å². The molecule has 0 bridgehead atoms. The van der Waals surface area contributed by atoms with Gasteiger partial charge in [-0.3, -0.25) is 0 Å². The molecule has 4 nitrogen and oxygen atoms in total. The van der Waals surface area contributed by atoms with Gasteiger partial charge < -0.3 is 5.32 Å². The lowest BCUT2D eigenvalue weighted by Crippen LogP contribution is -2.30. The summed E-state index contributed by atoms with van der Waals surface area (Å²) in [5.41, 5.74) is 1.94. The number of sulfonamides is 1. The molecule has 0 radical (unpaired) electrons. The van der Waals surface area contributed by atoms with Crippen molar-refractivity contribution >= 4 is 10.0 Å². The van der Waals surface area contributed by atoms with Crippen LogP contribution in [-0.2, 0) is 22.3 Å². The summed E-state index contributed by atoms with van der Waals surface area (Å²) < 4.78 is 26.9. The van der Waals surface area contributed by atoms with Gasteiger partial charge in [0.25, 0.3) is 0 Å². The fourth-order valence-corrected chi connectivity index (χ4v) is 3.63. The average Bonchev–Trinajstić information content (AvgIpc) is 3.21. The van der Waals surface area contributed by atoms with Crippen LogP contribution in [0.15, 0.2) is 24.3 Å². The van der Waals surface area contributed by atoms with Gasteiger partial charge in [0.05, 0.1) is 5.75 Å². The first kappa shape index (κ1) is 15.5. The highest BCUT2D eigenvalue weighted by molar-refractivity contribution is 7.88. The van der Waals surface area contributed by atoms with Crippen LogP contribution in [0.4, 0.5) is 0 Å². The predicted molar refractivity (Wildman–Crippen MR) is 81.7 cm³/mol. The van der Waals surface area contributed by atoms with E-state index in [4.69, 9.17) is 0 Å². The van der Waals surface area contributed by atoms with Crippen LogP contribution >= 0.6 is 0 Å². The van der Waals surface area contributed by atoms with E-state index in [1.54, 1.807) is 0 Å². The van der Waals surface area contributed by atoms with Gasteiger partial charge in [0.2, 0.25) is 10.0 Å². The average molecular weight is 296 g/mol. The van der Waals surface area contributed by atoms with E-state index in [2.05, 4.69) is 17.0 Å². The van der Waals surface area contributed by atoms with E-state index in [1.165, 1.54) is 12.8 Å². The van der Waals surface area contributed by atoms with Gasteiger partial charge in [0.15, 0.2) is 0 Å². The van der Waals surface area contributed by atoms with Gasteiger partial charge in [-0.2, -0.15) is 0 Å². The molecule has 20 heavy (non-hydrogen) atoms. The van der Waals surface area contributed by atoms with Crippen molar-refractivity contribution in [1.82, 2.24) is 10.0 Å². The minimum absolute atomic E-state index is 0.0575. The molecule has 1 unspecified atom stereocenters. The van der Waals surface area contributed by atoms with Crippen LogP contribution < -0.4 is 10.0 Å². The molecule has 1 aliphatic rings. The molecule has 1 aliphatic carbocycles. The number of rotatable bonds is 8. The van der Waals surface area contributed by atoms with E-state index in [-0.39, 0.29) is 5.75 Å². The molecular weight excluding hydrogens is 272 g/mol. The summed E-state index contributed by atoms with van der Waals surface area (Å²) >= 11 is 0. The van der Waals surface area contributed by atoms with Crippen LogP contribution in [0.2, 0.25) is 0 Å². The fourth-order valence-electron chi connectivity index (χ4n) is 2.39. The fraction of sp³-hybridized carbons (Fsp3) is 0.600. The Bertz CT molecular complexity index is 539. The van der Waals surface area contributed by atoms with Gasteiger partial charge in [-0.05, 0) is 42.9 Å². The van der Waals surface area contributed by atoms with E-state index in [0.717, 1.165) is 23.6 Å².